The highest BCUT2D eigenvalue weighted by Crippen LogP contribution is 2.37. The second kappa shape index (κ2) is 14.5. The maximum absolute atomic E-state index is 13.6. The van der Waals surface area contributed by atoms with Crippen molar-refractivity contribution in [2.45, 2.75) is 58.0 Å². The molecule has 0 radical (unpaired) electrons. The Morgan fingerprint density at radius 3 is 2.66 bits per heavy atom. The lowest BCUT2D eigenvalue weighted by atomic mass is 9.87. The molecule has 4 unspecified atom stereocenters. The number of hydrogen-bond donors (Lipinski definition) is 4. The molecule has 0 saturated carbocycles. The summed E-state index contributed by atoms with van der Waals surface area (Å²) in [5.74, 6) is 0.302. The highest BCUT2D eigenvalue weighted by Gasteiger charge is 2.42. The summed E-state index contributed by atoms with van der Waals surface area (Å²) in [5.41, 5.74) is 1.01. The Morgan fingerprint density at radius 2 is 2.05 bits per heavy atom. The predicted molar refractivity (Wildman–Crippen MR) is 149 cm³/mol. The Kier molecular flexibility index (Phi) is 11.6. The van der Waals surface area contributed by atoms with Crippen molar-refractivity contribution in [1.82, 2.24) is 10.2 Å². The zero-order valence-corrected chi connectivity index (χ0v) is 24.3. The Morgan fingerprint density at radius 1 is 1.29 bits per heavy atom. The number of benzene rings is 1. The van der Waals surface area contributed by atoms with E-state index in [1.165, 1.54) is 7.11 Å². The van der Waals surface area contributed by atoms with Crippen molar-refractivity contribution < 1.29 is 39.1 Å². The smallest absolute Gasteiger partial charge is 0.247 e. The molecule has 0 bridgehead atoms. The van der Waals surface area contributed by atoms with E-state index < -0.39 is 18.2 Å². The van der Waals surface area contributed by atoms with Crippen molar-refractivity contribution in [3.8, 4) is 11.5 Å². The lowest BCUT2D eigenvalue weighted by Gasteiger charge is -2.41. The molecule has 1 heterocycles. The third-order valence-corrected chi connectivity index (χ3v) is 7.65. The van der Waals surface area contributed by atoms with E-state index in [9.17, 15) is 24.9 Å². The van der Waals surface area contributed by atoms with Crippen LogP contribution in [0.4, 0.5) is 0 Å². The van der Waals surface area contributed by atoms with Crippen molar-refractivity contribution in [2.24, 2.45) is 11.8 Å². The van der Waals surface area contributed by atoms with E-state index in [4.69, 9.17) is 14.2 Å². The second-order valence-electron chi connectivity index (χ2n) is 10.1. The van der Waals surface area contributed by atoms with E-state index in [2.05, 4.69) is 41.8 Å². The number of nitrogens with zero attached hydrogens (tertiary/aromatic N) is 1. The standard InChI is InChI=1S/C27H39IN2O8/c1-16(2)4-7-30(27(35)18-5-9-37-15-18)21-12-19(26(34)29-6-8-31)13-22(24(21)33)38-25-20(28)10-17(14-32)11-23(25)36-3/h10-11,13,16,18,21-22,24,31-33H,4-9,12,14-15H2,1-3H3,(H,29,34). The van der Waals surface area contributed by atoms with E-state index >= 15 is 0 Å². The van der Waals surface area contributed by atoms with Gasteiger partial charge in [-0.25, -0.2) is 0 Å². The van der Waals surface area contributed by atoms with Gasteiger partial charge in [-0.15, -0.1) is 0 Å². The summed E-state index contributed by atoms with van der Waals surface area (Å²) in [4.78, 5) is 28.3. The summed E-state index contributed by atoms with van der Waals surface area (Å²) in [6.45, 7) is 5.13. The van der Waals surface area contributed by atoms with Gasteiger partial charge in [-0.3, -0.25) is 9.59 Å². The van der Waals surface area contributed by atoms with Crippen LogP contribution in [-0.4, -0.2) is 90.3 Å². The summed E-state index contributed by atoms with van der Waals surface area (Å²) in [5, 5.41) is 33.0. The summed E-state index contributed by atoms with van der Waals surface area (Å²) in [6.07, 6.45) is 0.992. The van der Waals surface area contributed by atoms with E-state index in [0.717, 1.165) is 6.42 Å². The fraction of sp³-hybridized carbons (Fsp3) is 0.630. The Labute approximate surface area is 237 Å². The zero-order valence-electron chi connectivity index (χ0n) is 22.2. The van der Waals surface area contributed by atoms with Crippen LogP contribution in [0, 0.1) is 15.4 Å². The summed E-state index contributed by atoms with van der Waals surface area (Å²) < 4.78 is 17.9. The van der Waals surface area contributed by atoms with Crippen LogP contribution in [0.5, 0.6) is 11.5 Å². The molecule has 1 saturated heterocycles. The van der Waals surface area contributed by atoms with Crippen molar-refractivity contribution >= 4 is 34.4 Å². The lowest BCUT2D eigenvalue weighted by molar-refractivity contribution is -0.143. The number of amides is 2. The SMILES string of the molecule is COc1cc(CO)cc(I)c1OC1C=C(C(=O)NCCO)CC(N(CCC(C)C)C(=O)C2CCOC2)C1O. The molecule has 11 heteroatoms. The maximum atomic E-state index is 13.6. The van der Waals surface area contributed by atoms with E-state index in [1.54, 1.807) is 23.1 Å². The van der Waals surface area contributed by atoms with Gasteiger partial charge in [0, 0.05) is 31.7 Å². The molecule has 3 rings (SSSR count). The molecule has 1 aliphatic carbocycles. The van der Waals surface area contributed by atoms with E-state index in [-0.39, 0.29) is 43.9 Å². The lowest BCUT2D eigenvalue weighted by Crippen LogP contribution is -2.56. The van der Waals surface area contributed by atoms with Crippen molar-refractivity contribution in [1.29, 1.82) is 0 Å². The van der Waals surface area contributed by atoms with Crippen LogP contribution in [-0.2, 0) is 20.9 Å². The number of ether oxygens (including phenoxy) is 3. The van der Waals surface area contributed by atoms with Gasteiger partial charge in [0.05, 0.1) is 42.5 Å². The van der Waals surface area contributed by atoms with Gasteiger partial charge in [0.1, 0.15) is 12.2 Å². The number of carbonyl (C=O) groups is 2. The van der Waals surface area contributed by atoms with Crippen LogP contribution in [0.1, 0.15) is 38.7 Å². The predicted octanol–water partition coefficient (Wildman–Crippen LogP) is 1.62. The molecular formula is C27H39IN2O8. The molecule has 10 nitrogen and oxygen atoms in total. The molecule has 1 aromatic rings. The van der Waals surface area contributed by atoms with Crippen LogP contribution in [0.25, 0.3) is 0 Å². The van der Waals surface area contributed by atoms with E-state index in [1.807, 2.05) is 0 Å². The zero-order chi connectivity index (χ0) is 27.8. The van der Waals surface area contributed by atoms with Gasteiger partial charge in [0.15, 0.2) is 11.5 Å². The number of nitrogens with one attached hydrogen (secondary N) is 1. The highest BCUT2D eigenvalue weighted by atomic mass is 127. The number of halogens is 1. The van der Waals surface area contributed by atoms with Crippen LogP contribution >= 0.6 is 22.6 Å². The molecule has 1 aromatic carbocycles. The minimum absolute atomic E-state index is 0.0820. The van der Waals surface area contributed by atoms with Crippen LogP contribution in [0.15, 0.2) is 23.8 Å². The Hall–Kier alpha value is -1.93. The second-order valence-corrected chi connectivity index (χ2v) is 11.2. The first kappa shape index (κ1) is 30.6. The quantitative estimate of drug-likeness (QED) is 0.252. The third-order valence-electron chi connectivity index (χ3n) is 6.85. The third kappa shape index (κ3) is 7.59. The Bertz CT molecular complexity index is 996. The van der Waals surface area contributed by atoms with Gasteiger partial charge >= 0.3 is 0 Å². The number of rotatable bonds is 12. The number of methoxy groups -OCH3 is 1. The number of aliphatic hydroxyl groups is 3. The molecule has 1 fully saturated rings. The molecule has 38 heavy (non-hydrogen) atoms. The minimum Gasteiger partial charge on any atom is -0.493 e. The normalized spacial score (nSPS) is 23.2. The maximum Gasteiger partial charge on any atom is 0.247 e. The minimum atomic E-state index is -1.12. The summed E-state index contributed by atoms with van der Waals surface area (Å²) >= 11 is 2.07. The molecule has 0 spiro atoms. The molecule has 212 valence electrons. The average Bonchev–Trinajstić information content (AvgIpc) is 3.44. The van der Waals surface area contributed by atoms with E-state index in [0.29, 0.717) is 58.3 Å². The van der Waals surface area contributed by atoms with Crippen molar-refractivity contribution in [2.75, 3.05) is 40.0 Å². The molecule has 2 amide bonds. The van der Waals surface area contributed by atoms with Crippen LogP contribution < -0.4 is 14.8 Å². The average molecular weight is 647 g/mol. The Balaban J connectivity index is 1.99. The van der Waals surface area contributed by atoms with Gasteiger partial charge in [-0.05, 0) is 65.1 Å². The first-order chi connectivity index (χ1) is 18.2. The first-order valence-electron chi connectivity index (χ1n) is 13.0. The largest absolute Gasteiger partial charge is 0.493 e. The van der Waals surface area contributed by atoms with Gasteiger partial charge in [-0.1, -0.05) is 13.8 Å². The first-order valence-corrected chi connectivity index (χ1v) is 14.1. The number of hydrogen-bond acceptors (Lipinski definition) is 8. The molecule has 2 aliphatic rings. The van der Waals surface area contributed by atoms with Crippen molar-refractivity contribution in [3.63, 3.8) is 0 Å². The highest BCUT2D eigenvalue weighted by molar-refractivity contribution is 14.1. The van der Waals surface area contributed by atoms with Gasteiger partial charge in [0.25, 0.3) is 0 Å². The number of aliphatic hydroxyl groups excluding tert-OH is 3. The molecule has 0 aromatic heterocycles. The summed E-state index contributed by atoms with van der Waals surface area (Å²) in [7, 11) is 1.49. The van der Waals surface area contributed by atoms with Crippen LogP contribution in [0.2, 0.25) is 0 Å². The summed E-state index contributed by atoms with van der Waals surface area (Å²) in [6, 6.07) is 2.70. The molecule has 4 atom stereocenters. The van der Waals surface area contributed by atoms with Gasteiger partial charge < -0.3 is 39.7 Å². The van der Waals surface area contributed by atoms with Gasteiger partial charge in [-0.2, -0.15) is 0 Å². The molecule has 4 N–H and O–H groups in total. The fourth-order valence-electron chi connectivity index (χ4n) is 4.70. The van der Waals surface area contributed by atoms with Gasteiger partial charge in [0.2, 0.25) is 11.8 Å². The number of carbonyl (C=O) groups excluding carboxylic acids is 2. The topological polar surface area (TPSA) is 138 Å². The van der Waals surface area contributed by atoms with Crippen molar-refractivity contribution in [3.05, 3.63) is 32.9 Å². The fourth-order valence-corrected chi connectivity index (χ4v) is 5.49. The molecule has 1 aliphatic heterocycles. The monoisotopic (exact) mass is 646 g/mol. The molecular weight excluding hydrogens is 607 g/mol. The van der Waals surface area contributed by atoms with Crippen LogP contribution in [0.3, 0.4) is 0 Å².